The summed E-state index contributed by atoms with van der Waals surface area (Å²) in [6.07, 6.45) is 0. The van der Waals surface area contributed by atoms with E-state index in [1.54, 1.807) is 6.07 Å². The summed E-state index contributed by atoms with van der Waals surface area (Å²) in [5, 5.41) is 6.11. The third kappa shape index (κ3) is 1.45. The molecule has 0 aliphatic rings. The first-order chi connectivity index (χ1) is 9.34. The number of benzene rings is 4. The molecule has 19 heavy (non-hydrogen) atoms. The number of fused-ring (bicyclic) bond motifs is 5. The fourth-order valence-corrected chi connectivity index (χ4v) is 2.83. The molecule has 0 aliphatic carbocycles. The maximum atomic E-state index is 14.1. The van der Waals surface area contributed by atoms with E-state index in [4.69, 9.17) is 0 Å². The SMILES string of the molecule is Fc1cccc2ccc3c4ccccc4ccc3c12. The van der Waals surface area contributed by atoms with E-state index in [2.05, 4.69) is 24.3 Å². The van der Waals surface area contributed by atoms with Crippen LogP contribution in [0.1, 0.15) is 0 Å². The van der Waals surface area contributed by atoms with E-state index in [1.807, 2.05) is 30.3 Å². The molecule has 1 heteroatoms. The van der Waals surface area contributed by atoms with Gasteiger partial charge in [0.15, 0.2) is 0 Å². The van der Waals surface area contributed by atoms with Crippen LogP contribution in [0.4, 0.5) is 4.39 Å². The molecule has 0 unspecified atom stereocenters. The maximum Gasteiger partial charge on any atom is 0.131 e. The van der Waals surface area contributed by atoms with E-state index in [0.717, 1.165) is 16.2 Å². The molecule has 90 valence electrons. The van der Waals surface area contributed by atoms with Crippen molar-refractivity contribution in [1.29, 1.82) is 0 Å². The Morgan fingerprint density at radius 3 is 2.21 bits per heavy atom. The van der Waals surface area contributed by atoms with Gasteiger partial charge < -0.3 is 0 Å². The molecule has 0 atom stereocenters. The van der Waals surface area contributed by atoms with Gasteiger partial charge in [0, 0.05) is 5.39 Å². The molecule has 0 nitrogen and oxygen atoms in total. The number of hydrogen-bond acceptors (Lipinski definition) is 0. The lowest BCUT2D eigenvalue weighted by atomic mass is 9.97. The van der Waals surface area contributed by atoms with E-state index in [0.29, 0.717) is 5.39 Å². The third-order valence-corrected chi connectivity index (χ3v) is 3.72. The van der Waals surface area contributed by atoms with Gasteiger partial charge in [-0.25, -0.2) is 4.39 Å². The smallest absolute Gasteiger partial charge is 0.131 e. The Morgan fingerprint density at radius 2 is 1.26 bits per heavy atom. The van der Waals surface area contributed by atoms with Gasteiger partial charge in [0.1, 0.15) is 5.82 Å². The topological polar surface area (TPSA) is 0 Å². The summed E-state index contributed by atoms with van der Waals surface area (Å²) in [4.78, 5) is 0. The number of rotatable bonds is 0. The quantitative estimate of drug-likeness (QED) is 0.370. The number of halogens is 1. The Labute approximate surface area is 110 Å². The Bertz CT molecular complexity index is 922. The summed E-state index contributed by atoms with van der Waals surface area (Å²) in [6, 6.07) is 21.6. The average Bonchev–Trinajstić information content (AvgIpc) is 2.46. The minimum absolute atomic E-state index is 0.154. The van der Waals surface area contributed by atoms with E-state index in [-0.39, 0.29) is 5.82 Å². The first-order valence-electron chi connectivity index (χ1n) is 6.33. The van der Waals surface area contributed by atoms with Gasteiger partial charge in [0.25, 0.3) is 0 Å². The first-order valence-corrected chi connectivity index (χ1v) is 6.33. The predicted molar refractivity (Wildman–Crippen MR) is 78.9 cm³/mol. The molecule has 0 amide bonds. The van der Waals surface area contributed by atoms with Crippen LogP contribution in [0, 0.1) is 5.82 Å². The zero-order valence-corrected chi connectivity index (χ0v) is 10.2. The van der Waals surface area contributed by atoms with E-state index in [1.165, 1.54) is 16.8 Å². The molecule has 4 rings (SSSR count). The van der Waals surface area contributed by atoms with Gasteiger partial charge in [-0.05, 0) is 33.0 Å². The van der Waals surface area contributed by atoms with Crippen molar-refractivity contribution in [2.75, 3.05) is 0 Å². The van der Waals surface area contributed by atoms with Crippen molar-refractivity contribution < 1.29 is 4.39 Å². The number of hydrogen-bond donors (Lipinski definition) is 0. The maximum absolute atomic E-state index is 14.1. The van der Waals surface area contributed by atoms with Crippen molar-refractivity contribution in [3.05, 3.63) is 72.5 Å². The lowest BCUT2D eigenvalue weighted by Gasteiger charge is -2.08. The van der Waals surface area contributed by atoms with Gasteiger partial charge in [-0.3, -0.25) is 0 Å². The van der Waals surface area contributed by atoms with Crippen molar-refractivity contribution in [1.82, 2.24) is 0 Å². The summed E-state index contributed by atoms with van der Waals surface area (Å²) >= 11 is 0. The molecule has 0 N–H and O–H groups in total. The first kappa shape index (κ1) is 10.5. The highest BCUT2D eigenvalue weighted by Crippen LogP contribution is 2.32. The minimum Gasteiger partial charge on any atom is -0.206 e. The van der Waals surface area contributed by atoms with Gasteiger partial charge >= 0.3 is 0 Å². The zero-order valence-electron chi connectivity index (χ0n) is 10.2. The molecular formula is C18H11F. The second-order valence-corrected chi connectivity index (χ2v) is 4.79. The molecule has 0 radical (unpaired) electrons. The average molecular weight is 246 g/mol. The lowest BCUT2D eigenvalue weighted by Crippen LogP contribution is -1.83. The molecular weight excluding hydrogens is 235 g/mol. The Morgan fingerprint density at radius 1 is 0.526 bits per heavy atom. The monoisotopic (exact) mass is 246 g/mol. The van der Waals surface area contributed by atoms with Crippen LogP contribution in [0.5, 0.6) is 0 Å². The van der Waals surface area contributed by atoms with Crippen LogP contribution in [-0.4, -0.2) is 0 Å². The zero-order chi connectivity index (χ0) is 12.8. The van der Waals surface area contributed by atoms with Gasteiger partial charge in [0.05, 0.1) is 0 Å². The molecule has 0 spiro atoms. The van der Waals surface area contributed by atoms with Crippen molar-refractivity contribution in [3.8, 4) is 0 Å². The molecule has 0 aromatic heterocycles. The summed E-state index contributed by atoms with van der Waals surface area (Å²) in [6.45, 7) is 0. The van der Waals surface area contributed by atoms with Crippen molar-refractivity contribution in [2.24, 2.45) is 0 Å². The molecule has 0 bridgehead atoms. The lowest BCUT2D eigenvalue weighted by molar-refractivity contribution is 0.640. The van der Waals surface area contributed by atoms with E-state index < -0.39 is 0 Å². The van der Waals surface area contributed by atoms with Crippen LogP contribution in [0.15, 0.2) is 66.7 Å². The van der Waals surface area contributed by atoms with Gasteiger partial charge in [-0.2, -0.15) is 0 Å². The molecule has 4 aromatic rings. The van der Waals surface area contributed by atoms with Gasteiger partial charge in [-0.1, -0.05) is 60.7 Å². The highest BCUT2D eigenvalue weighted by atomic mass is 19.1. The summed E-state index contributed by atoms with van der Waals surface area (Å²) < 4.78 is 14.1. The summed E-state index contributed by atoms with van der Waals surface area (Å²) in [7, 11) is 0. The third-order valence-electron chi connectivity index (χ3n) is 3.72. The predicted octanol–water partition coefficient (Wildman–Crippen LogP) is 5.29. The van der Waals surface area contributed by atoms with Crippen LogP contribution in [0.2, 0.25) is 0 Å². The molecule has 0 heterocycles. The Balaban J connectivity index is 2.32. The van der Waals surface area contributed by atoms with Gasteiger partial charge in [0.2, 0.25) is 0 Å². The standard InChI is InChI=1S/C18H11F/c19-17-7-3-5-13-9-10-15-14-6-2-1-4-12(14)8-11-16(15)18(13)17/h1-11H. The fourth-order valence-electron chi connectivity index (χ4n) is 2.83. The molecule has 0 saturated carbocycles. The summed E-state index contributed by atoms with van der Waals surface area (Å²) in [5.74, 6) is -0.154. The highest BCUT2D eigenvalue weighted by molar-refractivity contribution is 6.17. The second kappa shape index (κ2) is 3.79. The van der Waals surface area contributed by atoms with Crippen LogP contribution >= 0.6 is 0 Å². The van der Waals surface area contributed by atoms with E-state index >= 15 is 0 Å². The molecule has 4 aromatic carbocycles. The largest absolute Gasteiger partial charge is 0.206 e. The second-order valence-electron chi connectivity index (χ2n) is 4.79. The van der Waals surface area contributed by atoms with Crippen LogP contribution in [0.25, 0.3) is 32.3 Å². The molecule has 0 saturated heterocycles. The van der Waals surface area contributed by atoms with Gasteiger partial charge in [-0.15, -0.1) is 0 Å². The Kier molecular flexibility index (Phi) is 2.10. The van der Waals surface area contributed by atoms with Crippen molar-refractivity contribution >= 4 is 32.3 Å². The molecule has 0 aliphatic heterocycles. The van der Waals surface area contributed by atoms with E-state index in [9.17, 15) is 4.39 Å². The fraction of sp³-hybridized carbons (Fsp3) is 0. The minimum atomic E-state index is -0.154. The Hall–Kier alpha value is -2.41. The van der Waals surface area contributed by atoms with Crippen molar-refractivity contribution in [3.63, 3.8) is 0 Å². The van der Waals surface area contributed by atoms with Crippen LogP contribution in [-0.2, 0) is 0 Å². The van der Waals surface area contributed by atoms with Crippen molar-refractivity contribution in [2.45, 2.75) is 0 Å². The highest BCUT2D eigenvalue weighted by Gasteiger charge is 2.07. The van der Waals surface area contributed by atoms with Crippen LogP contribution in [0.3, 0.4) is 0 Å². The summed E-state index contributed by atoms with van der Waals surface area (Å²) in [5.41, 5.74) is 0. The normalized spacial score (nSPS) is 11.4. The van der Waals surface area contributed by atoms with Crippen LogP contribution < -0.4 is 0 Å². The molecule has 0 fully saturated rings.